The summed E-state index contributed by atoms with van der Waals surface area (Å²) in [7, 11) is 0. The van der Waals surface area contributed by atoms with Crippen LogP contribution >= 0.6 is 0 Å². The fourth-order valence-electron chi connectivity index (χ4n) is 2.57. The van der Waals surface area contributed by atoms with Gasteiger partial charge in [0.2, 0.25) is 0 Å². The molecule has 1 saturated heterocycles. The van der Waals surface area contributed by atoms with E-state index in [4.69, 9.17) is 18.9 Å². The van der Waals surface area contributed by atoms with Gasteiger partial charge in [-0.05, 0) is 19.1 Å². The SMILES string of the molecule is CC(=O)O[C@H]1[C@H](O)O[C@](C)(COC(=O)c2ccccc2)[C@H]1OC(C)=O. The van der Waals surface area contributed by atoms with Gasteiger partial charge in [-0.2, -0.15) is 0 Å². The molecule has 1 aromatic rings. The van der Waals surface area contributed by atoms with Gasteiger partial charge in [0, 0.05) is 13.8 Å². The van der Waals surface area contributed by atoms with E-state index in [9.17, 15) is 19.5 Å². The first-order valence-corrected chi connectivity index (χ1v) is 7.65. The lowest BCUT2D eigenvalue weighted by Crippen LogP contribution is -2.48. The molecular formula is C17H20O8. The van der Waals surface area contributed by atoms with E-state index in [1.807, 2.05) is 0 Å². The first-order chi connectivity index (χ1) is 11.7. The minimum Gasteiger partial charge on any atom is -0.459 e. The fraction of sp³-hybridized carbons (Fsp3) is 0.471. The summed E-state index contributed by atoms with van der Waals surface area (Å²) < 4.78 is 20.8. The van der Waals surface area contributed by atoms with E-state index in [1.165, 1.54) is 13.8 Å². The van der Waals surface area contributed by atoms with Crippen LogP contribution in [-0.2, 0) is 28.5 Å². The van der Waals surface area contributed by atoms with Crippen LogP contribution in [0, 0.1) is 0 Å². The van der Waals surface area contributed by atoms with Gasteiger partial charge in [0.1, 0.15) is 12.2 Å². The molecule has 25 heavy (non-hydrogen) atoms. The highest BCUT2D eigenvalue weighted by Gasteiger charge is 2.57. The Hall–Kier alpha value is -2.45. The van der Waals surface area contributed by atoms with Gasteiger partial charge in [0.25, 0.3) is 0 Å². The van der Waals surface area contributed by atoms with Crippen molar-refractivity contribution in [3.63, 3.8) is 0 Å². The molecule has 136 valence electrons. The maximum Gasteiger partial charge on any atom is 0.338 e. The maximum absolute atomic E-state index is 12.1. The van der Waals surface area contributed by atoms with Crippen molar-refractivity contribution in [3.05, 3.63) is 35.9 Å². The summed E-state index contributed by atoms with van der Waals surface area (Å²) in [6.45, 7) is 3.51. The van der Waals surface area contributed by atoms with Crippen LogP contribution in [0.25, 0.3) is 0 Å². The van der Waals surface area contributed by atoms with Gasteiger partial charge in [0.15, 0.2) is 18.5 Å². The molecule has 0 spiro atoms. The Kier molecular flexibility index (Phi) is 5.76. The summed E-state index contributed by atoms with van der Waals surface area (Å²) in [6.07, 6.45) is -3.87. The highest BCUT2D eigenvalue weighted by Crippen LogP contribution is 2.35. The molecule has 1 aliphatic rings. The van der Waals surface area contributed by atoms with Gasteiger partial charge in [0.05, 0.1) is 5.56 Å². The van der Waals surface area contributed by atoms with E-state index in [-0.39, 0.29) is 6.61 Å². The summed E-state index contributed by atoms with van der Waals surface area (Å²) >= 11 is 0. The van der Waals surface area contributed by atoms with Crippen molar-refractivity contribution in [1.29, 1.82) is 0 Å². The molecule has 0 bridgehead atoms. The molecule has 1 aliphatic heterocycles. The number of hydrogen-bond acceptors (Lipinski definition) is 8. The van der Waals surface area contributed by atoms with E-state index in [1.54, 1.807) is 30.3 Å². The number of ether oxygens (including phenoxy) is 4. The normalized spacial score (nSPS) is 28.2. The van der Waals surface area contributed by atoms with Gasteiger partial charge in [-0.25, -0.2) is 4.79 Å². The molecule has 0 aromatic heterocycles. The highest BCUT2D eigenvalue weighted by atomic mass is 16.7. The van der Waals surface area contributed by atoms with Crippen molar-refractivity contribution < 1.29 is 38.4 Å². The zero-order chi connectivity index (χ0) is 18.6. The molecule has 4 atom stereocenters. The van der Waals surface area contributed by atoms with Crippen molar-refractivity contribution in [3.8, 4) is 0 Å². The number of esters is 3. The third-order valence-electron chi connectivity index (χ3n) is 3.67. The van der Waals surface area contributed by atoms with Gasteiger partial charge in [-0.15, -0.1) is 0 Å². The predicted molar refractivity (Wildman–Crippen MR) is 83.3 cm³/mol. The number of aliphatic hydroxyl groups excluding tert-OH is 1. The van der Waals surface area contributed by atoms with Crippen molar-refractivity contribution in [2.45, 2.75) is 44.9 Å². The minimum absolute atomic E-state index is 0.312. The van der Waals surface area contributed by atoms with Crippen LogP contribution in [-0.4, -0.2) is 53.7 Å². The van der Waals surface area contributed by atoms with Crippen LogP contribution in [0.3, 0.4) is 0 Å². The summed E-state index contributed by atoms with van der Waals surface area (Å²) in [5, 5.41) is 10.0. The molecule has 0 unspecified atom stereocenters. The molecule has 0 aliphatic carbocycles. The first-order valence-electron chi connectivity index (χ1n) is 7.65. The third-order valence-corrected chi connectivity index (χ3v) is 3.67. The lowest BCUT2D eigenvalue weighted by Gasteiger charge is -2.30. The predicted octanol–water partition coefficient (Wildman–Crippen LogP) is 0.814. The zero-order valence-electron chi connectivity index (χ0n) is 14.1. The zero-order valence-corrected chi connectivity index (χ0v) is 14.1. The van der Waals surface area contributed by atoms with E-state index < -0.39 is 42.0 Å². The molecule has 1 N–H and O–H groups in total. The Balaban J connectivity index is 2.13. The van der Waals surface area contributed by atoms with Crippen molar-refractivity contribution in [1.82, 2.24) is 0 Å². The van der Waals surface area contributed by atoms with E-state index in [0.717, 1.165) is 6.92 Å². The number of benzene rings is 1. The maximum atomic E-state index is 12.1. The Morgan fingerprint density at radius 2 is 1.72 bits per heavy atom. The third kappa shape index (κ3) is 4.55. The first kappa shape index (κ1) is 18.9. The second-order valence-electron chi connectivity index (χ2n) is 5.87. The van der Waals surface area contributed by atoms with E-state index >= 15 is 0 Å². The smallest absolute Gasteiger partial charge is 0.338 e. The molecule has 0 amide bonds. The number of aliphatic hydroxyl groups is 1. The quantitative estimate of drug-likeness (QED) is 0.613. The number of carbonyl (C=O) groups excluding carboxylic acids is 3. The Morgan fingerprint density at radius 1 is 1.12 bits per heavy atom. The van der Waals surface area contributed by atoms with Crippen LogP contribution < -0.4 is 0 Å². The van der Waals surface area contributed by atoms with Crippen LogP contribution in [0.5, 0.6) is 0 Å². The van der Waals surface area contributed by atoms with E-state index in [2.05, 4.69) is 0 Å². The Morgan fingerprint density at radius 3 is 2.28 bits per heavy atom. The van der Waals surface area contributed by atoms with E-state index in [0.29, 0.717) is 5.56 Å². The molecule has 8 heteroatoms. The lowest BCUT2D eigenvalue weighted by atomic mass is 9.98. The second-order valence-corrected chi connectivity index (χ2v) is 5.87. The summed E-state index contributed by atoms with van der Waals surface area (Å²) in [6, 6.07) is 8.30. The molecule has 2 rings (SSSR count). The topological polar surface area (TPSA) is 108 Å². The molecule has 0 radical (unpaired) electrons. The second kappa shape index (κ2) is 7.62. The average molecular weight is 352 g/mol. The standard InChI is InChI=1S/C17H20O8/c1-10(18)23-13-14(24-11(2)19)17(3,25-16(13)21)9-22-15(20)12-7-5-4-6-8-12/h4-8,13-14,16,21H,9H2,1-3H3/t13-,14+,16-,17-/m1/s1. The van der Waals surface area contributed by atoms with Gasteiger partial charge in [-0.3, -0.25) is 9.59 Å². The minimum atomic E-state index is -1.52. The average Bonchev–Trinajstić information content (AvgIpc) is 2.77. The molecular weight excluding hydrogens is 332 g/mol. The van der Waals surface area contributed by atoms with Crippen LogP contribution in [0.1, 0.15) is 31.1 Å². The lowest BCUT2D eigenvalue weighted by molar-refractivity contribution is -0.180. The molecule has 1 fully saturated rings. The largest absolute Gasteiger partial charge is 0.459 e. The van der Waals surface area contributed by atoms with Crippen LogP contribution in [0.2, 0.25) is 0 Å². The summed E-state index contributed by atoms with van der Waals surface area (Å²) in [4.78, 5) is 34.7. The van der Waals surface area contributed by atoms with Crippen LogP contribution in [0.4, 0.5) is 0 Å². The monoisotopic (exact) mass is 352 g/mol. The molecule has 1 aromatic carbocycles. The van der Waals surface area contributed by atoms with Gasteiger partial charge in [-0.1, -0.05) is 18.2 Å². The number of hydrogen-bond donors (Lipinski definition) is 1. The molecule has 1 heterocycles. The fourth-order valence-corrected chi connectivity index (χ4v) is 2.57. The van der Waals surface area contributed by atoms with Crippen molar-refractivity contribution in [2.24, 2.45) is 0 Å². The number of rotatable bonds is 5. The van der Waals surface area contributed by atoms with Crippen molar-refractivity contribution >= 4 is 17.9 Å². The van der Waals surface area contributed by atoms with Gasteiger partial charge >= 0.3 is 17.9 Å². The number of carbonyl (C=O) groups is 3. The molecule has 0 saturated carbocycles. The Bertz CT molecular complexity index is 643. The van der Waals surface area contributed by atoms with Crippen LogP contribution in [0.15, 0.2) is 30.3 Å². The van der Waals surface area contributed by atoms with Gasteiger partial charge < -0.3 is 24.1 Å². The molecule has 8 nitrogen and oxygen atoms in total. The Labute approximate surface area is 144 Å². The highest BCUT2D eigenvalue weighted by molar-refractivity contribution is 5.89. The van der Waals surface area contributed by atoms with Crippen molar-refractivity contribution in [2.75, 3.05) is 6.61 Å². The summed E-state index contributed by atoms with van der Waals surface area (Å²) in [5.41, 5.74) is -1.04. The summed E-state index contributed by atoms with van der Waals surface area (Å²) in [5.74, 6) is -1.92.